The van der Waals surface area contributed by atoms with Crippen molar-refractivity contribution in [2.24, 2.45) is 0 Å². The van der Waals surface area contributed by atoms with Crippen LogP contribution in [0.2, 0.25) is 0 Å². The summed E-state index contributed by atoms with van der Waals surface area (Å²) in [5, 5.41) is 4.81. The number of anilines is 1. The van der Waals surface area contributed by atoms with Crippen molar-refractivity contribution in [3.05, 3.63) is 83.0 Å². The first kappa shape index (κ1) is 26.7. The molecule has 7 nitrogen and oxygen atoms in total. The lowest BCUT2D eigenvalue weighted by molar-refractivity contribution is 0.102. The van der Waals surface area contributed by atoms with E-state index >= 15 is 0 Å². The number of aryl methyl sites for hydroxylation is 1. The van der Waals surface area contributed by atoms with Gasteiger partial charge in [-0.3, -0.25) is 9.69 Å². The van der Waals surface area contributed by atoms with Gasteiger partial charge < -0.3 is 10.1 Å². The van der Waals surface area contributed by atoms with Crippen LogP contribution >= 0.6 is 22.7 Å². The number of hydrogen-bond donors (Lipinski definition) is 1. The molecule has 6 rings (SSSR count). The smallest absolute Gasteiger partial charge is 0.275 e. The number of nitrogens with one attached hydrogen (secondary N) is 1. The number of nitrogens with zero attached hydrogens (tertiary/aromatic N) is 4. The number of pyridine rings is 1. The standard InChI is InChI=1S/C31H31N5O2S2/c1-38-17-9-14-26-27(35-29(39-26)22-10-3-2-4-11-22)28(37)33-24-13-6-5-12-23(24)30-34-25-18-21(19-32-31(25)40-30)20-36-15-7-8-16-36/h2-6,10-13,18-19H,7-9,14-17,20H2,1H3,(H,33,37). The largest absolute Gasteiger partial charge is 0.385 e. The molecule has 0 unspecified atom stereocenters. The van der Waals surface area contributed by atoms with Crippen LogP contribution in [0.15, 0.2) is 66.9 Å². The third kappa shape index (κ3) is 5.97. The summed E-state index contributed by atoms with van der Waals surface area (Å²) < 4.78 is 5.25. The number of methoxy groups -OCH3 is 1. The normalized spacial score (nSPS) is 13.7. The van der Waals surface area contributed by atoms with Crippen molar-refractivity contribution in [2.75, 3.05) is 32.1 Å². The van der Waals surface area contributed by atoms with Crippen LogP contribution in [0.5, 0.6) is 0 Å². The maximum absolute atomic E-state index is 13.6. The number of benzene rings is 2. The molecule has 9 heteroatoms. The third-order valence-electron chi connectivity index (χ3n) is 7.00. The van der Waals surface area contributed by atoms with Gasteiger partial charge in [0, 0.05) is 42.5 Å². The maximum atomic E-state index is 13.6. The number of para-hydroxylation sites is 1. The van der Waals surface area contributed by atoms with E-state index in [0.29, 0.717) is 18.0 Å². The molecule has 1 N–H and O–H groups in total. The highest BCUT2D eigenvalue weighted by Crippen LogP contribution is 2.35. The van der Waals surface area contributed by atoms with Crippen LogP contribution in [0.1, 0.15) is 40.2 Å². The molecule has 2 aromatic carbocycles. The number of likely N-dealkylation sites (tertiary alicyclic amines) is 1. The van der Waals surface area contributed by atoms with Crippen molar-refractivity contribution in [2.45, 2.75) is 32.2 Å². The van der Waals surface area contributed by atoms with E-state index in [9.17, 15) is 4.79 Å². The molecule has 1 aliphatic rings. The van der Waals surface area contributed by atoms with E-state index in [1.165, 1.54) is 18.4 Å². The van der Waals surface area contributed by atoms with Crippen LogP contribution in [0, 0.1) is 0 Å². The molecular formula is C31H31N5O2S2. The van der Waals surface area contributed by atoms with E-state index in [4.69, 9.17) is 19.7 Å². The number of fused-ring (bicyclic) bond motifs is 1. The third-order valence-corrected chi connectivity index (χ3v) is 9.18. The minimum atomic E-state index is -0.217. The molecule has 0 atom stereocenters. The van der Waals surface area contributed by atoms with E-state index in [1.807, 2.05) is 60.8 Å². The van der Waals surface area contributed by atoms with Crippen LogP contribution in [-0.2, 0) is 17.7 Å². The molecule has 40 heavy (non-hydrogen) atoms. The zero-order valence-electron chi connectivity index (χ0n) is 22.4. The molecule has 5 aromatic rings. The summed E-state index contributed by atoms with van der Waals surface area (Å²) in [6.07, 6.45) is 6.05. The number of amides is 1. The Bertz CT molecular complexity index is 1610. The van der Waals surface area contributed by atoms with Crippen molar-refractivity contribution in [1.82, 2.24) is 19.9 Å². The summed E-state index contributed by atoms with van der Waals surface area (Å²) in [6.45, 7) is 3.84. The molecule has 1 fully saturated rings. The summed E-state index contributed by atoms with van der Waals surface area (Å²) in [4.78, 5) is 32.4. The summed E-state index contributed by atoms with van der Waals surface area (Å²) in [5.74, 6) is -0.217. The number of thiazole rings is 2. The molecule has 204 valence electrons. The van der Waals surface area contributed by atoms with Gasteiger partial charge in [0.1, 0.15) is 26.1 Å². The van der Waals surface area contributed by atoms with Crippen molar-refractivity contribution in [1.29, 1.82) is 0 Å². The summed E-state index contributed by atoms with van der Waals surface area (Å²) >= 11 is 3.11. The van der Waals surface area contributed by atoms with Crippen LogP contribution < -0.4 is 5.32 Å². The fourth-order valence-electron chi connectivity index (χ4n) is 5.01. The molecule has 0 bridgehead atoms. The highest BCUT2D eigenvalue weighted by Gasteiger charge is 2.21. The molecule has 1 saturated heterocycles. The van der Waals surface area contributed by atoms with Gasteiger partial charge in [-0.1, -0.05) is 53.8 Å². The van der Waals surface area contributed by atoms with Gasteiger partial charge in [-0.15, -0.1) is 11.3 Å². The van der Waals surface area contributed by atoms with E-state index in [-0.39, 0.29) is 5.91 Å². The fourth-order valence-corrected chi connectivity index (χ4v) is 7.04. The number of rotatable bonds is 10. The van der Waals surface area contributed by atoms with E-state index < -0.39 is 0 Å². The predicted molar refractivity (Wildman–Crippen MR) is 163 cm³/mol. The van der Waals surface area contributed by atoms with E-state index in [2.05, 4.69) is 16.3 Å². The van der Waals surface area contributed by atoms with Crippen molar-refractivity contribution >= 4 is 44.6 Å². The quantitative estimate of drug-likeness (QED) is 0.184. The van der Waals surface area contributed by atoms with Gasteiger partial charge in [0.05, 0.1) is 5.69 Å². The van der Waals surface area contributed by atoms with Crippen LogP contribution in [0.3, 0.4) is 0 Å². The topological polar surface area (TPSA) is 80.2 Å². The van der Waals surface area contributed by atoms with E-state index in [0.717, 1.165) is 68.8 Å². The van der Waals surface area contributed by atoms with Crippen LogP contribution in [0.25, 0.3) is 31.5 Å². The summed E-state index contributed by atoms with van der Waals surface area (Å²) in [5.41, 5.74) is 5.13. The van der Waals surface area contributed by atoms with Crippen LogP contribution in [-0.4, -0.2) is 52.6 Å². The number of ether oxygens (including phenoxy) is 1. The van der Waals surface area contributed by atoms with Gasteiger partial charge in [-0.2, -0.15) is 0 Å². The van der Waals surface area contributed by atoms with Gasteiger partial charge in [0.2, 0.25) is 0 Å². The number of hydrogen-bond acceptors (Lipinski definition) is 8. The Kier molecular flexibility index (Phi) is 8.24. The molecule has 0 radical (unpaired) electrons. The van der Waals surface area contributed by atoms with Gasteiger partial charge >= 0.3 is 0 Å². The molecule has 4 heterocycles. The Morgan fingerprint density at radius 3 is 2.62 bits per heavy atom. The van der Waals surface area contributed by atoms with Gasteiger partial charge in [0.25, 0.3) is 5.91 Å². The van der Waals surface area contributed by atoms with Crippen molar-refractivity contribution < 1.29 is 9.53 Å². The first-order valence-corrected chi connectivity index (χ1v) is 15.2. The lowest BCUT2D eigenvalue weighted by Gasteiger charge is -2.13. The highest BCUT2D eigenvalue weighted by molar-refractivity contribution is 7.21. The van der Waals surface area contributed by atoms with Crippen molar-refractivity contribution in [3.8, 4) is 21.1 Å². The zero-order chi connectivity index (χ0) is 27.3. The lowest BCUT2D eigenvalue weighted by Crippen LogP contribution is -2.18. The predicted octanol–water partition coefficient (Wildman–Crippen LogP) is 6.91. The minimum Gasteiger partial charge on any atom is -0.385 e. The van der Waals surface area contributed by atoms with Gasteiger partial charge in [0.15, 0.2) is 0 Å². The summed E-state index contributed by atoms with van der Waals surface area (Å²) in [7, 11) is 1.69. The molecule has 1 aliphatic heterocycles. The fraction of sp³-hybridized carbons (Fsp3) is 0.290. The van der Waals surface area contributed by atoms with Crippen molar-refractivity contribution in [3.63, 3.8) is 0 Å². The Morgan fingerprint density at radius 2 is 1.80 bits per heavy atom. The maximum Gasteiger partial charge on any atom is 0.275 e. The lowest BCUT2D eigenvalue weighted by atomic mass is 10.1. The van der Waals surface area contributed by atoms with E-state index in [1.54, 1.807) is 29.8 Å². The molecule has 0 saturated carbocycles. The number of carbonyl (C=O) groups excluding carboxylic acids is 1. The Labute approximate surface area is 241 Å². The first-order valence-electron chi connectivity index (χ1n) is 13.6. The second-order valence-corrected chi connectivity index (χ2v) is 12.0. The van der Waals surface area contributed by atoms with Gasteiger partial charge in [-0.25, -0.2) is 15.0 Å². The Balaban J connectivity index is 1.27. The van der Waals surface area contributed by atoms with Crippen LogP contribution in [0.4, 0.5) is 5.69 Å². The number of aromatic nitrogens is 3. The molecular weight excluding hydrogens is 539 g/mol. The summed E-state index contributed by atoms with van der Waals surface area (Å²) in [6, 6.07) is 19.9. The average Bonchev–Trinajstić information content (AvgIpc) is 3.74. The Morgan fingerprint density at radius 1 is 1.00 bits per heavy atom. The second kappa shape index (κ2) is 12.3. The SMILES string of the molecule is COCCCc1sc(-c2ccccc2)nc1C(=O)Nc1ccccc1-c1nc2cc(CN3CCCC3)cnc2s1. The molecule has 1 amide bonds. The minimum absolute atomic E-state index is 0.217. The second-order valence-electron chi connectivity index (χ2n) is 9.92. The molecule has 0 aliphatic carbocycles. The number of carbonyl (C=O) groups is 1. The first-order chi connectivity index (χ1) is 19.7. The molecule has 3 aromatic heterocycles. The zero-order valence-corrected chi connectivity index (χ0v) is 24.1. The highest BCUT2D eigenvalue weighted by atomic mass is 32.1. The average molecular weight is 570 g/mol. The monoisotopic (exact) mass is 569 g/mol. The Hall–Kier alpha value is -3.50. The van der Waals surface area contributed by atoms with Gasteiger partial charge in [-0.05, 0) is 62.5 Å². The molecule has 0 spiro atoms.